The van der Waals surface area contributed by atoms with Crippen LogP contribution >= 0.6 is 15.9 Å². The molecule has 0 radical (unpaired) electrons. The Labute approximate surface area is 117 Å². The van der Waals surface area contributed by atoms with Gasteiger partial charge in [0, 0.05) is 0 Å². The van der Waals surface area contributed by atoms with Crippen molar-refractivity contribution in [3.05, 3.63) is 0 Å². The van der Waals surface area contributed by atoms with Gasteiger partial charge in [-0.3, -0.25) is 14.4 Å². The van der Waals surface area contributed by atoms with Crippen LogP contribution in [0.1, 0.15) is 20.8 Å². The lowest BCUT2D eigenvalue weighted by Gasteiger charge is -2.35. The minimum absolute atomic E-state index is 0.921. The predicted octanol–water partition coefficient (Wildman–Crippen LogP) is -1.30. The van der Waals surface area contributed by atoms with E-state index < -0.39 is 45.8 Å². The first kappa shape index (κ1) is 16.4. The molecule has 2 unspecified atom stereocenters. The Bertz CT molecular complexity index is 435. The molecular formula is C11H15BrO7. The summed E-state index contributed by atoms with van der Waals surface area (Å²) < 4.78 is 5.00. The molecule has 0 aromatic carbocycles. The molecule has 0 amide bonds. The second kappa shape index (κ2) is 5.02. The summed E-state index contributed by atoms with van der Waals surface area (Å²) in [4.78, 5) is 35.1. The topological polar surface area (TPSA) is 121 Å². The Morgan fingerprint density at radius 2 is 1.58 bits per heavy atom. The van der Waals surface area contributed by atoms with E-state index in [0.717, 1.165) is 20.8 Å². The molecule has 1 heterocycles. The van der Waals surface area contributed by atoms with Crippen molar-refractivity contribution in [2.45, 2.75) is 49.2 Å². The van der Waals surface area contributed by atoms with Crippen molar-refractivity contribution < 1.29 is 34.4 Å². The number of hydrogen-bond donors (Lipinski definition) is 3. The third-order valence-corrected chi connectivity index (χ3v) is 4.17. The van der Waals surface area contributed by atoms with Gasteiger partial charge in [0.25, 0.3) is 0 Å². The highest BCUT2D eigenvalue weighted by Gasteiger charge is 2.72. The number of hydrogen-bond acceptors (Lipinski definition) is 7. The molecule has 0 aromatic rings. The molecule has 0 aromatic heterocycles. The van der Waals surface area contributed by atoms with Crippen molar-refractivity contribution in [2.75, 3.05) is 0 Å². The normalized spacial score (nSPS) is 39.9. The Kier molecular flexibility index (Phi) is 4.33. The van der Waals surface area contributed by atoms with Crippen LogP contribution in [0.3, 0.4) is 0 Å². The minimum Gasteiger partial charge on any atom is -0.386 e. The third kappa shape index (κ3) is 2.07. The Morgan fingerprint density at radius 3 is 1.89 bits per heavy atom. The van der Waals surface area contributed by atoms with Gasteiger partial charge in [0.05, 0.1) is 0 Å². The van der Waals surface area contributed by atoms with Gasteiger partial charge in [-0.1, -0.05) is 15.9 Å². The highest BCUT2D eigenvalue weighted by atomic mass is 79.9. The fourth-order valence-electron chi connectivity index (χ4n) is 2.06. The van der Waals surface area contributed by atoms with Gasteiger partial charge < -0.3 is 20.1 Å². The number of halogens is 1. The largest absolute Gasteiger partial charge is 0.386 e. The van der Waals surface area contributed by atoms with Crippen molar-refractivity contribution in [2.24, 2.45) is 0 Å². The van der Waals surface area contributed by atoms with E-state index in [4.69, 9.17) is 4.74 Å². The van der Waals surface area contributed by atoms with E-state index in [1.165, 1.54) is 0 Å². The molecule has 0 aliphatic carbocycles. The maximum Gasteiger partial charge on any atom is 0.197 e. The number of Topliss-reactive ketones (excluding diaryl/α,β-unsaturated/α-hetero) is 3. The van der Waals surface area contributed by atoms with Crippen molar-refractivity contribution in [1.82, 2.24) is 0 Å². The van der Waals surface area contributed by atoms with Crippen molar-refractivity contribution in [1.29, 1.82) is 0 Å². The summed E-state index contributed by atoms with van der Waals surface area (Å²) in [6.45, 7) is 3.01. The zero-order valence-electron chi connectivity index (χ0n) is 10.6. The third-order valence-electron chi connectivity index (χ3n) is 3.29. The molecule has 8 heteroatoms. The molecule has 1 aliphatic rings. The first-order valence-electron chi connectivity index (χ1n) is 5.49. The maximum atomic E-state index is 11.8. The summed E-state index contributed by atoms with van der Waals surface area (Å²) in [7, 11) is 0. The Morgan fingerprint density at radius 1 is 1.16 bits per heavy atom. The summed E-state index contributed by atoms with van der Waals surface area (Å²) in [5.41, 5.74) is -5.35. The van der Waals surface area contributed by atoms with Crippen LogP contribution in [0.2, 0.25) is 0 Å². The maximum absolute atomic E-state index is 11.8. The van der Waals surface area contributed by atoms with Crippen LogP contribution in [-0.2, 0) is 19.1 Å². The lowest BCUT2D eigenvalue weighted by molar-refractivity contribution is -0.177. The molecule has 0 saturated carbocycles. The van der Waals surface area contributed by atoms with Gasteiger partial charge in [-0.05, 0) is 20.8 Å². The molecule has 5 atom stereocenters. The van der Waals surface area contributed by atoms with Crippen LogP contribution in [0.4, 0.5) is 0 Å². The van der Waals surface area contributed by atoms with Crippen molar-refractivity contribution in [3.63, 3.8) is 0 Å². The number of aliphatic hydroxyl groups excluding tert-OH is 1. The Balaban J connectivity index is 3.44. The van der Waals surface area contributed by atoms with Gasteiger partial charge in [0.2, 0.25) is 0 Å². The monoisotopic (exact) mass is 338 g/mol. The number of ketones is 3. The van der Waals surface area contributed by atoms with Gasteiger partial charge in [-0.25, -0.2) is 0 Å². The zero-order chi connectivity index (χ0) is 15.2. The summed E-state index contributed by atoms with van der Waals surface area (Å²) >= 11 is 2.82. The van der Waals surface area contributed by atoms with Crippen LogP contribution in [0.5, 0.6) is 0 Å². The van der Waals surface area contributed by atoms with Crippen LogP contribution in [-0.4, -0.2) is 61.1 Å². The molecule has 7 nitrogen and oxygen atoms in total. The van der Waals surface area contributed by atoms with Gasteiger partial charge in [0.1, 0.15) is 6.10 Å². The van der Waals surface area contributed by atoms with Crippen molar-refractivity contribution in [3.8, 4) is 0 Å². The van der Waals surface area contributed by atoms with Crippen molar-refractivity contribution >= 4 is 33.3 Å². The zero-order valence-corrected chi connectivity index (χ0v) is 12.2. The van der Waals surface area contributed by atoms with Crippen LogP contribution in [0.25, 0.3) is 0 Å². The van der Waals surface area contributed by atoms with Gasteiger partial charge in [-0.2, -0.15) is 0 Å². The lowest BCUT2D eigenvalue weighted by Crippen LogP contribution is -2.67. The number of alkyl halides is 1. The molecule has 1 rings (SSSR count). The highest BCUT2D eigenvalue weighted by Crippen LogP contribution is 2.44. The molecule has 0 spiro atoms. The van der Waals surface area contributed by atoms with Gasteiger partial charge >= 0.3 is 0 Å². The second-order valence-corrected chi connectivity index (χ2v) is 5.39. The van der Waals surface area contributed by atoms with Crippen LogP contribution < -0.4 is 0 Å². The number of carbonyl (C=O) groups excluding carboxylic acids is 3. The molecule has 1 fully saturated rings. The first-order chi connectivity index (χ1) is 8.51. The van der Waals surface area contributed by atoms with E-state index >= 15 is 0 Å². The summed E-state index contributed by atoms with van der Waals surface area (Å²) in [6.07, 6.45) is -3.35. The minimum atomic E-state index is -2.75. The van der Waals surface area contributed by atoms with Gasteiger partial charge in [-0.15, -0.1) is 0 Å². The van der Waals surface area contributed by atoms with Crippen LogP contribution in [0.15, 0.2) is 0 Å². The predicted molar refractivity (Wildman–Crippen MR) is 65.5 cm³/mol. The SMILES string of the molecule is CC(=O)[C@@]1(O)[C@@H](C(=O)C(C)O)OC(Br)[C@@]1(O)C(C)=O. The summed E-state index contributed by atoms with van der Waals surface area (Å²) in [6, 6.07) is 0. The average molecular weight is 339 g/mol. The number of rotatable bonds is 4. The van der Waals surface area contributed by atoms with E-state index in [1.54, 1.807) is 0 Å². The molecule has 19 heavy (non-hydrogen) atoms. The van der Waals surface area contributed by atoms with Gasteiger partial charge in [0.15, 0.2) is 39.7 Å². The van der Waals surface area contributed by atoms with E-state index in [9.17, 15) is 29.7 Å². The summed E-state index contributed by atoms with van der Waals surface area (Å²) in [5.74, 6) is -2.95. The molecule has 0 bridgehead atoms. The van der Waals surface area contributed by atoms with E-state index in [-0.39, 0.29) is 0 Å². The van der Waals surface area contributed by atoms with E-state index in [1.807, 2.05) is 0 Å². The number of aliphatic hydroxyl groups is 3. The highest BCUT2D eigenvalue weighted by molar-refractivity contribution is 9.09. The molecule has 1 aliphatic heterocycles. The fraction of sp³-hybridized carbons (Fsp3) is 0.727. The molecule has 3 N–H and O–H groups in total. The lowest BCUT2D eigenvalue weighted by atomic mass is 9.74. The van der Waals surface area contributed by atoms with E-state index in [0.29, 0.717) is 0 Å². The van der Waals surface area contributed by atoms with E-state index in [2.05, 4.69) is 15.9 Å². The standard InChI is InChI=1S/C11H15BrO7/c1-4(13)7(16)8-10(17,5(2)14)11(18,6(3)15)9(12)19-8/h4,8-9,13,17-18H,1-3H3/t4?,8-,9?,10-,11+/m1/s1. The smallest absolute Gasteiger partial charge is 0.197 e. The van der Waals surface area contributed by atoms with Crippen LogP contribution in [0, 0.1) is 0 Å². The fourth-order valence-corrected chi connectivity index (χ4v) is 2.95. The molecule has 108 valence electrons. The Hall–Kier alpha value is -0.670. The molecule has 1 saturated heterocycles. The first-order valence-corrected chi connectivity index (χ1v) is 6.41. The summed E-state index contributed by atoms with van der Waals surface area (Å²) in [5, 5.41) is 28.5. The second-order valence-electron chi connectivity index (χ2n) is 4.56. The average Bonchev–Trinajstić information content (AvgIpc) is 2.51. The molecular weight excluding hydrogens is 324 g/mol. The number of ether oxygens (including phenoxy) is 1. The quantitative estimate of drug-likeness (QED) is 0.544. The number of carbonyl (C=O) groups is 3.